The summed E-state index contributed by atoms with van der Waals surface area (Å²) in [5.41, 5.74) is 7.76. The Morgan fingerprint density at radius 2 is 2.11 bits per heavy atom. The summed E-state index contributed by atoms with van der Waals surface area (Å²) in [4.78, 5) is 4.63. The van der Waals surface area contributed by atoms with E-state index in [9.17, 15) is 0 Å². The van der Waals surface area contributed by atoms with Gasteiger partial charge in [0.1, 0.15) is 0 Å². The maximum absolute atomic E-state index is 4.63. The second-order valence-electron chi connectivity index (χ2n) is 5.07. The molecule has 2 heteroatoms. The van der Waals surface area contributed by atoms with Crippen molar-refractivity contribution in [3.63, 3.8) is 0 Å². The molecule has 0 fully saturated rings. The SMILES string of the molecule is Cc1cc(C)nc(Cc2cccc3c2CCN3)c1. The largest absolute Gasteiger partial charge is 0.384 e. The molecule has 2 aromatic rings. The van der Waals surface area contributed by atoms with E-state index in [1.54, 1.807) is 0 Å². The lowest BCUT2D eigenvalue weighted by atomic mass is 10.00. The number of aryl methyl sites for hydroxylation is 2. The van der Waals surface area contributed by atoms with Crippen molar-refractivity contribution in [2.24, 2.45) is 0 Å². The summed E-state index contributed by atoms with van der Waals surface area (Å²) in [5, 5.41) is 3.43. The average molecular weight is 238 g/mol. The van der Waals surface area contributed by atoms with Gasteiger partial charge in [-0.25, -0.2) is 0 Å². The number of fused-ring (bicyclic) bond motifs is 1. The average Bonchev–Trinajstić information content (AvgIpc) is 2.76. The fourth-order valence-corrected chi connectivity index (χ4v) is 2.79. The maximum Gasteiger partial charge on any atom is 0.0453 e. The molecule has 0 unspecified atom stereocenters. The molecule has 0 bridgehead atoms. The van der Waals surface area contributed by atoms with Gasteiger partial charge >= 0.3 is 0 Å². The van der Waals surface area contributed by atoms with Gasteiger partial charge < -0.3 is 5.32 Å². The maximum atomic E-state index is 4.63. The zero-order valence-electron chi connectivity index (χ0n) is 11.0. The van der Waals surface area contributed by atoms with Crippen LogP contribution in [0.3, 0.4) is 0 Å². The van der Waals surface area contributed by atoms with Crippen molar-refractivity contribution in [1.29, 1.82) is 0 Å². The van der Waals surface area contributed by atoms with Gasteiger partial charge in [0.05, 0.1) is 0 Å². The van der Waals surface area contributed by atoms with E-state index in [1.807, 2.05) is 0 Å². The first-order chi connectivity index (χ1) is 8.72. The van der Waals surface area contributed by atoms with Crippen LogP contribution in [0.5, 0.6) is 0 Å². The molecule has 1 aliphatic rings. The number of anilines is 1. The van der Waals surface area contributed by atoms with Crippen molar-refractivity contribution in [2.45, 2.75) is 26.7 Å². The van der Waals surface area contributed by atoms with Crippen molar-refractivity contribution in [1.82, 2.24) is 4.98 Å². The molecular weight excluding hydrogens is 220 g/mol. The number of nitrogens with one attached hydrogen (secondary N) is 1. The van der Waals surface area contributed by atoms with Crippen LogP contribution in [0.2, 0.25) is 0 Å². The van der Waals surface area contributed by atoms with Crippen molar-refractivity contribution >= 4 is 5.69 Å². The molecule has 1 aromatic carbocycles. The molecule has 0 saturated carbocycles. The number of hydrogen-bond donors (Lipinski definition) is 1. The van der Waals surface area contributed by atoms with Crippen LogP contribution >= 0.6 is 0 Å². The summed E-state index contributed by atoms with van der Waals surface area (Å²) in [5.74, 6) is 0. The summed E-state index contributed by atoms with van der Waals surface area (Å²) in [7, 11) is 0. The summed E-state index contributed by atoms with van der Waals surface area (Å²) in [6.07, 6.45) is 2.07. The summed E-state index contributed by atoms with van der Waals surface area (Å²) < 4.78 is 0. The molecule has 1 N–H and O–H groups in total. The number of hydrogen-bond acceptors (Lipinski definition) is 2. The van der Waals surface area contributed by atoms with Crippen LogP contribution in [-0.4, -0.2) is 11.5 Å². The Kier molecular flexibility index (Phi) is 2.78. The van der Waals surface area contributed by atoms with Crippen LogP contribution in [0, 0.1) is 13.8 Å². The van der Waals surface area contributed by atoms with E-state index >= 15 is 0 Å². The lowest BCUT2D eigenvalue weighted by molar-refractivity contribution is 1.000. The van der Waals surface area contributed by atoms with Gasteiger partial charge in [-0.2, -0.15) is 0 Å². The standard InChI is InChI=1S/C16H18N2/c1-11-8-12(2)18-14(9-11)10-13-4-3-5-16-15(13)6-7-17-16/h3-5,8-9,17H,6-7,10H2,1-2H3. The van der Waals surface area contributed by atoms with E-state index in [0.717, 1.165) is 25.1 Å². The third kappa shape index (κ3) is 2.10. The van der Waals surface area contributed by atoms with Crippen LogP contribution in [0.15, 0.2) is 30.3 Å². The lowest BCUT2D eigenvalue weighted by Gasteiger charge is -2.09. The number of nitrogens with zero attached hydrogens (tertiary/aromatic N) is 1. The molecule has 0 aliphatic carbocycles. The van der Waals surface area contributed by atoms with Crippen molar-refractivity contribution in [3.05, 3.63) is 58.4 Å². The fourth-order valence-electron chi connectivity index (χ4n) is 2.79. The van der Waals surface area contributed by atoms with Gasteiger partial charge in [0, 0.05) is 30.0 Å². The third-order valence-corrected chi connectivity index (χ3v) is 3.49. The predicted molar refractivity (Wildman–Crippen MR) is 75.2 cm³/mol. The molecule has 1 aliphatic heterocycles. The topological polar surface area (TPSA) is 24.9 Å². The molecule has 0 atom stereocenters. The zero-order valence-corrected chi connectivity index (χ0v) is 11.0. The first-order valence-corrected chi connectivity index (χ1v) is 6.51. The minimum Gasteiger partial charge on any atom is -0.384 e. The molecule has 0 spiro atoms. The third-order valence-electron chi connectivity index (χ3n) is 3.49. The van der Waals surface area contributed by atoms with E-state index in [4.69, 9.17) is 0 Å². The monoisotopic (exact) mass is 238 g/mol. The van der Waals surface area contributed by atoms with Crippen molar-refractivity contribution in [3.8, 4) is 0 Å². The minimum atomic E-state index is 0.938. The molecule has 2 heterocycles. The smallest absolute Gasteiger partial charge is 0.0453 e. The van der Waals surface area contributed by atoms with Crippen LogP contribution in [0.1, 0.15) is 28.1 Å². The van der Waals surface area contributed by atoms with Gasteiger partial charge in [-0.05, 0) is 55.2 Å². The first kappa shape index (κ1) is 11.3. The van der Waals surface area contributed by atoms with Crippen molar-refractivity contribution in [2.75, 3.05) is 11.9 Å². The van der Waals surface area contributed by atoms with E-state index in [2.05, 4.69) is 54.5 Å². The lowest BCUT2D eigenvalue weighted by Crippen LogP contribution is -1.98. The number of rotatable bonds is 2. The highest BCUT2D eigenvalue weighted by molar-refractivity contribution is 5.59. The Labute approximate surface area is 108 Å². The normalized spacial score (nSPS) is 13.2. The quantitative estimate of drug-likeness (QED) is 0.868. The van der Waals surface area contributed by atoms with Gasteiger partial charge in [-0.1, -0.05) is 12.1 Å². The molecule has 2 nitrogen and oxygen atoms in total. The number of pyridine rings is 1. The highest BCUT2D eigenvalue weighted by Gasteiger charge is 2.14. The van der Waals surface area contributed by atoms with Crippen LogP contribution in [0.4, 0.5) is 5.69 Å². The van der Waals surface area contributed by atoms with Gasteiger partial charge in [0.15, 0.2) is 0 Å². The Morgan fingerprint density at radius 3 is 2.94 bits per heavy atom. The molecule has 92 valence electrons. The molecule has 18 heavy (non-hydrogen) atoms. The van der Waals surface area contributed by atoms with Crippen molar-refractivity contribution < 1.29 is 0 Å². The number of aromatic nitrogens is 1. The Bertz CT molecular complexity index is 567. The molecule has 0 amide bonds. The summed E-state index contributed by atoms with van der Waals surface area (Å²) >= 11 is 0. The molecule has 3 rings (SSSR count). The first-order valence-electron chi connectivity index (χ1n) is 6.51. The van der Waals surface area contributed by atoms with E-state index < -0.39 is 0 Å². The summed E-state index contributed by atoms with van der Waals surface area (Å²) in [6.45, 7) is 5.26. The summed E-state index contributed by atoms with van der Waals surface area (Å²) in [6, 6.07) is 10.8. The predicted octanol–water partition coefficient (Wildman–Crippen LogP) is 3.26. The molecule has 1 aromatic heterocycles. The fraction of sp³-hybridized carbons (Fsp3) is 0.312. The van der Waals surface area contributed by atoms with Crippen LogP contribution in [0.25, 0.3) is 0 Å². The number of benzene rings is 1. The van der Waals surface area contributed by atoms with Gasteiger partial charge in [0.25, 0.3) is 0 Å². The highest BCUT2D eigenvalue weighted by Crippen LogP contribution is 2.27. The van der Waals surface area contributed by atoms with E-state index in [0.29, 0.717) is 0 Å². The van der Waals surface area contributed by atoms with Crippen LogP contribution < -0.4 is 5.32 Å². The van der Waals surface area contributed by atoms with E-state index in [-0.39, 0.29) is 0 Å². The second-order valence-corrected chi connectivity index (χ2v) is 5.07. The van der Waals surface area contributed by atoms with Gasteiger partial charge in [0.2, 0.25) is 0 Å². The second kappa shape index (κ2) is 4.45. The molecular formula is C16H18N2. The van der Waals surface area contributed by atoms with Gasteiger partial charge in [-0.15, -0.1) is 0 Å². The molecule has 0 saturated heterocycles. The highest BCUT2D eigenvalue weighted by atomic mass is 14.9. The van der Waals surface area contributed by atoms with E-state index in [1.165, 1.54) is 28.1 Å². The van der Waals surface area contributed by atoms with Crippen LogP contribution in [-0.2, 0) is 12.8 Å². The van der Waals surface area contributed by atoms with Gasteiger partial charge in [-0.3, -0.25) is 4.98 Å². The Morgan fingerprint density at radius 1 is 1.22 bits per heavy atom. The zero-order chi connectivity index (χ0) is 12.5. The Balaban J connectivity index is 1.95. The minimum absolute atomic E-state index is 0.938. The Hall–Kier alpha value is -1.83. The molecule has 0 radical (unpaired) electrons.